The van der Waals surface area contributed by atoms with Crippen LogP contribution in [0.25, 0.3) is 0 Å². The Balaban J connectivity index is 1.91. The van der Waals surface area contributed by atoms with E-state index in [1.54, 1.807) is 12.4 Å². The topological polar surface area (TPSA) is 54.9 Å². The summed E-state index contributed by atoms with van der Waals surface area (Å²) in [5.41, 5.74) is 0.628. The Kier molecular flexibility index (Phi) is 3.40. The monoisotopic (exact) mass is 205 g/mol. The van der Waals surface area contributed by atoms with E-state index in [9.17, 15) is 4.79 Å². The van der Waals surface area contributed by atoms with Gasteiger partial charge in [0.15, 0.2) is 5.78 Å². The molecule has 0 spiro atoms. The van der Waals surface area contributed by atoms with E-state index >= 15 is 0 Å². The Labute approximate surface area is 89.1 Å². The number of hydrogen-bond donors (Lipinski definition) is 1. The predicted octanol–water partition coefficient (Wildman–Crippen LogP) is 1.05. The maximum atomic E-state index is 11.8. The minimum atomic E-state index is 0.157. The van der Waals surface area contributed by atoms with Gasteiger partial charge in [0.25, 0.3) is 0 Å². The van der Waals surface area contributed by atoms with Crippen molar-refractivity contribution in [3.63, 3.8) is 0 Å². The number of nitrogens with zero attached hydrogens (tertiary/aromatic N) is 2. The molecule has 0 aromatic carbocycles. The van der Waals surface area contributed by atoms with Gasteiger partial charge in [-0.15, -0.1) is 0 Å². The number of piperidine rings is 1. The summed E-state index contributed by atoms with van der Waals surface area (Å²) in [5.74, 6) is 0.635. The van der Waals surface area contributed by atoms with Crippen LogP contribution >= 0.6 is 0 Å². The second-order valence-corrected chi connectivity index (χ2v) is 3.97. The number of carbonyl (C=O) groups is 1. The van der Waals surface area contributed by atoms with Crippen LogP contribution in [0.2, 0.25) is 0 Å². The summed E-state index contributed by atoms with van der Waals surface area (Å²) in [6, 6.07) is 0. The fourth-order valence-corrected chi connectivity index (χ4v) is 1.92. The molecule has 15 heavy (non-hydrogen) atoms. The normalized spacial score (nSPS) is 21.2. The fraction of sp³-hybridized carbons (Fsp3) is 0.545. The van der Waals surface area contributed by atoms with Gasteiger partial charge in [-0.3, -0.25) is 4.79 Å². The Bertz CT molecular complexity index is 320. The van der Waals surface area contributed by atoms with Gasteiger partial charge in [0.2, 0.25) is 0 Å². The molecule has 80 valence electrons. The van der Waals surface area contributed by atoms with E-state index < -0.39 is 0 Å². The molecule has 2 heterocycles. The van der Waals surface area contributed by atoms with Crippen LogP contribution in [0.3, 0.4) is 0 Å². The molecule has 2 rings (SSSR count). The highest BCUT2D eigenvalue weighted by Crippen LogP contribution is 2.16. The summed E-state index contributed by atoms with van der Waals surface area (Å²) in [5, 5.41) is 3.31. The highest BCUT2D eigenvalue weighted by Gasteiger charge is 2.17. The molecule has 1 aliphatic heterocycles. The van der Waals surface area contributed by atoms with Gasteiger partial charge in [-0.25, -0.2) is 9.97 Å². The number of hydrogen-bond acceptors (Lipinski definition) is 4. The molecule has 4 heteroatoms. The van der Waals surface area contributed by atoms with Crippen LogP contribution in [0.5, 0.6) is 0 Å². The third-order valence-electron chi connectivity index (χ3n) is 2.76. The lowest BCUT2D eigenvalue weighted by Crippen LogP contribution is -2.31. The van der Waals surface area contributed by atoms with Crippen molar-refractivity contribution in [1.29, 1.82) is 0 Å². The van der Waals surface area contributed by atoms with Crippen LogP contribution in [0.15, 0.2) is 18.7 Å². The van der Waals surface area contributed by atoms with E-state index in [2.05, 4.69) is 15.3 Å². The summed E-state index contributed by atoms with van der Waals surface area (Å²) < 4.78 is 0. The Morgan fingerprint density at radius 3 is 2.93 bits per heavy atom. The van der Waals surface area contributed by atoms with Gasteiger partial charge < -0.3 is 5.32 Å². The molecular weight excluding hydrogens is 190 g/mol. The maximum absolute atomic E-state index is 11.8. The first-order chi connectivity index (χ1) is 7.36. The quantitative estimate of drug-likeness (QED) is 0.749. The van der Waals surface area contributed by atoms with Crippen LogP contribution in [0, 0.1) is 5.92 Å². The van der Waals surface area contributed by atoms with Crippen LogP contribution in [-0.4, -0.2) is 28.8 Å². The van der Waals surface area contributed by atoms with E-state index in [-0.39, 0.29) is 5.78 Å². The van der Waals surface area contributed by atoms with E-state index in [0.717, 1.165) is 19.5 Å². The molecule has 4 nitrogen and oxygen atoms in total. The second-order valence-electron chi connectivity index (χ2n) is 3.97. The lowest BCUT2D eigenvalue weighted by atomic mass is 9.93. The Morgan fingerprint density at radius 1 is 1.47 bits per heavy atom. The molecule has 0 aliphatic carbocycles. The van der Waals surface area contributed by atoms with Gasteiger partial charge >= 0.3 is 0 Å². The lowest BCUT2D eigenvalue weighted by molar-refractivity contribution is 0.0953. The molecule has 1 atom stereocenters. The number of ketones is 1. The number of rotatable bonds is 3. The molecule has 0 radical (unpaired) electrons. The number of aromatic nitrogens is 2. The zero-order valence-electron chi connectivity index (χ0n) is 8.65. The highest BCUT2D eigenvalue weighted by atomic mass is 16.1. The molecule has 1 aromatic rings. The molecule has 1 unspecified atom stereocenters. The summed E-state index contributed by atoms with van der Waals surface area (Å²) in [7, 11) is 0. The number of nitrogens with one attached hydrogen (secondary N) is 1. The largest absolute Gasteiger partial charge is 0.316 e. The van der Waals surface area contributed by atoms with Crippen LogP contribution in [0.1, 0.15) is 29.6 Å². The molecular formula is C11H15N3O. The van der Waals surface area contributed by atoms with Crippen molar-refractivity contribution < 1.29 is 4.79 Å². The molecule has 0 bridgehead atoms. The third kappa shape index (κ3) is 2.83. The molecule has 0 saturated carbocycles. The number of Topliss-reactive ketones (excluding diaryl/α,β-unsaturated/α-hetero) is 1. The minimum Gasteiger partial charge on any atom is -0.316 e. The van der Waals surface area contributed by atoms with Gasteiger partial charge in [0.05, 0.1) is 5.56 Å². The predicted molar refractivity (Wildman–Crippen MR) is 56.6 cm³/mol. The molecule has 1 aliphatic rings. The molecule has 1 saturated heterocycles. The van der Waals surface area contributed by atoms with Crippen molar-refractivity contribution in [3.05, 3.63) is 24.3 Å². The summed E-state index contributed by atoms with van der Waals surface area (Å²) >= 11 is 0. The smallest absolute Gasteiger partial charge is 0.166 e. The van der Waals surface area contributed by atoms with Gasteiger partial charge in [-0.05, 0) is 31.8 Å². The van der Waals surface area contributed by atoms with Crippen molar-refractivity contribution in [2.24, 2.45) is 5.92 Å². The second kappa shape index (κ2) is 4.98. The summed E-state index contributed by atoms with van der Waals surface area (Å²) in [4.78, 5) is 19.5. The van der Waals surface area contributed by atoms with Gasteiger partial charge in [0, 0.05) is 18.8 Å². The molecule has 0 amide bonds. The fourth-order valence-electron chi connectivity index (χ4n) is 1.92. The molecule has 1 aromatic heterocycles. The Morgan fingerprint density at radius 2 is 2.27 bits per heavy atom. The van der Waals surface area contributed by atoms with E-state index in [1.807, 2.05) is 0 Å². The SMILES string of the molecule is O=C(CC1CCCNC1)c1cncnc1. The zero-order valence-corrected chi connectivity index (χ0v) is 8.65. The average molecular weight is 205 g/mol. The first kappa shape index (κ1) is 10.2. The van der Waals surface area contributed by atoms with Crippen LogP contribution in [-0.2, 0) is 0 Å². The first-order valence-corrected chi connectivity index (χ1v) is 5.35. The van der Waals surface area contributed by atoms with Crippen molar-refractivity contribution in [3.8, 4) is 0 Å². The maximum Gasteiger partial charge on any atom is 0.166 e. The standard InChI is InChI=1S/C11H15N3O/c15-11(10-6-13-8-14-7-10)4-9-2-1-3-12-5-9/h6-9,12H,1-5H2. The van der Waals surface area contributed by atoms with Crippen LogP contribution in [0.4, 0.5) is 0 Å². The zero-order chi connectivity index (χ0) is 10.5. The van der Waals surface area contributed by atoms with Crippen molar-refractivity contribution in [1.82, 2.24) is 15.3 Å². The van der Waals surface area contributed by atoms with E-state index in [4.69, 9.17) is 0 Å². The van der Waals surface area contributed by atoms with Gasteiger partial charge in [-0.1, -0.05) is 0 Å². The molecule has 1 fully saturated rings. The van der Waals surface area contributed by atoms with Crippen molar-refractivity contribution in [2.45, 2.75) is 19.3 Å². The van der Waals surface area contributed by atoms with Gasteiger partial charge in [0.1, 0.15) is 6.33 Å². The summed E-state index contributed by atoms with van der Waals surface area (Å²) in [6.45, 7) is 2.04. The van der Waals surface area contributed by atoms with E-state index in [1.165, 1.54) is 12.7 Å². The summed E-state index contributed by atoms with van der Waals surface area (Å²) in [6.07, 6.45) is 7.55. The average Bonchev–Trinajstić information content (AvgIpc) is 2.31. The lowest BCUT2D eigenvalue weighted by Gasteiger charge is -2.21. The minimum absolute atomic E-state index is 0.157. The molecule has 1 N–H and O–H groups in total. The van der Waals surface area contributed by atoms with E-state index in [0.29, 0.717) is 17.9 Å². The van der Waals surface area contributed by atoms with Gasteiger partial charge in [-0.2, -0.15) is 0 Å². The van der Waals surface area contributed by atoms with Crippen molar-refractivity contribution in [2.75, 3.05) is 13.1 Å². The first-order valence-electron chi connectivity index (χ1n) is 5.35. The van der Waals surface area contributed by atoms with Crippen LogP contribution < -0.4 is 5.32 Å². The highest BCUT2D eigenvalue weighted by molar-refractivity contribution is 5.95. The van der Waals surface area contributed by atoms with Crippen molar-refractivity contribution >= 4 is 5.78 Å². The number of carbonyl (C=O) groups excluding carboxylic acids is 1. The third-order valence-corrected chi connectivity index (χ3v) is 2.76. The Hall–Kier alpha value is -1.29.